The Morgan fingerprint density at radius 1 is 1.59 bits per heavy atom. The molecule has 1 unspecified atom stereocenters. The summed E-state index contributed by atoms with van der Waals surface area (Å²) in [7, 11) is 0. The van der Waals surface area contributed by atoms with Crippen molar-refractivity contribution in [2.24, 2.45) is 10.9 Å². The van der Waals surface area contributed by atoms with E-state index in [1.807, 2.05) is 17.5 Å². The highest BCUT2D eigenvalue weighted by atomic mass is 32.1. The molecule has 0 saturated carbocycles. The van der Waals surface area contributed by atoms with Gasteiger partial charge in [0.05, 0.1) is 10.9 Å². The van der Waals surface area contributed by atoms with Crippen LogP contribution in [0.1, 0.15) is 16.6 Å². The Balaban J connectivity index is 2.13. The molecule has 0 aromatic carbocycles. The number of hydrogen-bond acceptors (Lipinski definition) is 5. The standard InChI is InChI=1S/C10H11N3O2S2/c1-5(9(11)13-15)12-10(14)8-4-7-6(17-8)2-3-16-7/h2-5,15H,1H3,(H2,11,13)(H,12,14). The SMILES string of the molecule is CC(NC(=O)c1cc2sccc2s1)/C(N)=N/O. The largest absolute Gasteiger partial charge is 0.409 e. The van der Waals surface area contributed by atoms with Gasteiger partial charge in [-0.15, -0.1) is 22.7 Å². The van der Waals surface area contributed by atoms with Gasteiger partial charge in [-0.1, -0.05) is 5.16 Å². The van der Waals surface area contributed by atoms with Crippen molar-refractivity contribution in [3.05, 3.63) is 22.4 Å². The minimum atomic E-state index is -0.493. The molecule has 2 heterocycles. The molecule has 2 rings (SSSR count). The third kappa shape index (κ3) is 2.40. The highest BCUT2D eigenvalue weighted by Crippen LogP contribution is 2.29. The van der Waals surface area contributed by atoms with Gasteiger partial charge >= 0.3 is 0 Å². The number of amides is 1. The summed E-state index contributed by atoms with van der Waals surface area (Å²) in [6.45, 7) is 1.66. The van der Waals surface area contributed by atoms with Gasteiger partial charge in [-0.3, -0.25) is 4.79 Å². The highest BCUT2D eigenvalue weighted by Gasteiger charge is 2.15. The summed E-state index contributed by atoms with van der Waals surface area (Å²) in [6.07, 6.45) is 0. The fourth-order valence-electron chi connectivity index (χ4n) is 1.31. The third-order valence-electron chi connectivity index (χ3n) is 2.27. The highest BCUT2D eigenvalue weighted by molar-refractivity contribution is 7.27. The molecule has 90 valence electrons. The van der Waals surface area contributed by atoms with E-state index in [-0.39, 0.29) is 11.7 Å². The van der Waals surface area contributed by atoms with Crippen LogP contribution in [0.25, 0.3) is 9.40 Å². The van der Waals surface area contributed by atoms with Crippen LogP contribution in [-0.2, 0) is 0 Å². The lowest BCUT2D eigenvalue weighted by atomic mass is 10.3. The molecule has 5 nitrogen and oxygen atoms in total. The van der Waals surface area contributed by atoms with Gasteiger partial charge < -0.3 is 16.3 Å². The first-order chi connectivity index (χ1) is 8.11. The third-order valence-corrected chi connectivity index (χ3v) is 4.36. The first-order valence-corrected chi connectivity index (χ1v) is 6.56. The summed E-state index contributed by atoms with van der Waals surface area (Å²) in [4.78, 5) is 12.5. The molecule has 0 fully saturated rings. The van der Waals surface area contributed by atoms with Gasteiger partial charge in [0, 0.05) is 9.40 Å². The maximum Gasteiger partial charge on any atom is 0.262 e. The van der Waals surface area contributed by atoms with Crippen LogP contribution in [0.4, 0.5) is 0 Å². The lowest BCUT2D eigenvalue weighted by Gasteiger charge is -2.10. The number of carbonyl (C=O) groups is 1. The minimum Gasteiger partial charge on any atom is -0.409 e. The number of fused-ring (bicyclic) bond motifs is 1. The zero-order valence-electron chi connectivity index (χ0n) is 9.01. The van der Waals surface area contributed by atoms with Crippen molar-refractivity contribution in [1.82, 2.24) is 5.32 Å². The Kier molecular flexibility index (Phi) is 3.30. The van der Waals surface area contributed by atoms with E-state index in [1.54, 1.807) is 18.3 Å². The smallest absolute Gasteiger partial charge is 0.262 e. The van der Waals surface area contributed by atoms with Crippen molar-refractivity contribution in [1.29, 1.82) is 0 Å². The lowest BCUT2D eigenvalue weighted by Crippen LogP contribution is -2.42. The summed E-state index contributed by atoms with van der Waals surface area (Å²) < 4.78 is 2.19. The first kappa shape index (κ1) is 11.9. The predicted octanol–water partition coefficient (Wildman–Crippen LogP) is 1.83. The number of nitrogens with zero attached hydrogens (tertiary/aromatic N) is 1. The topological polar surface area (TPSA) is 87.7 Å². The molecule has 4 N–H and O–H groups in total. The van der Waals surface area contributed by atoms with Crippen LogP contribution in [0, 0.1) is 0 Å². The van der Waals surface area contributed by atoms with Crippen LogP contribution in [0.5, 0.6) is 0 Å². The van der Waals surface area contributed by atoms with Gasteiger partial charge in [0.1, 0.15) is 0 Å². The quantitative estimate of drug-likeness (QED) is 0.344. The molecule has 0 spiro atoms. The first-order valence-electron chi connectivity index (χ1n) is 4.87. The van der Waals surface area contributed by atoms with Crippen molar-refractivity contribution in [2.75, 3.05) is 0 Å². The Bertz CT molecular complexity index is 544. The molecule has 0 radical (unpaired) electrons. The molecular weight excluding hydrogens is 258 g/mol. The number of nitrogens with two attached hydrogens (primary N) is 1. The lowest BCUT2D eigenvalue weighted by molar-refractivity contribution is 0.0953. The molecule has 0 aliphatic heterocycles. The summed E-state index contributed by atoms with van der Waals surface area (Å²) in [5.74, 6) is -0.228. The van der Waals surface area contributed by atoms with E-state index in [9.17, 15) is 4.79 Å². The van der Waals surface area contributed by atoms with Gasteiger partial charge in [-0.25, -0.2) is 0 Å². The monoisotopic (exact) mass is 269 g/mol. The van der Waals surface area contributed by atoms with E-state index < -0.39 is 6.04 Å². The second-order valence-electron chi connectivity index (χ2n) is 3.48. The van der Waals surface area contributed by atoms with Crippen molar-refractivity contribution in [3.8, 4) is 0 Å². The number of thiophene rings is 2. The Morgan fingerprint density at radius 3 is 3.00 bits per heavy atom. The van der Waals surface area contributed by atoms with Crippen molar-refractivity contribution >= 4 is 43.8 Å². The molecule has 0 aliphatic carbocycles. The van der Waals surface area contributed by atoms with Crippen LogP contribution in [0.15, 0.2) is 22.7 Å². The van der Waals surface area contributed by atoms with Gasteiger partial charge in [0.2, 0.25) is 0 Å². The molecule has 0 saturated heterocycles. The molecule has 17 heavy (non-hydrogen) atoms. The van der Waals surface area contributed by atoms with Crippen LogP contribution in [0.2, 0.25) is 0 Å². The minimum absolute atomic E-state index is 0.0169. The fraction of sp³-hybridized carbons (Fsp3) is 0.200. The van der Waals surface area contributed by atoms with Crippen molar-refractivity contribution < 1.29 is 10.0 Å². The summed E-state index contributed by atoms with van der Waals surface area (Å²) in [5, 5.41) is 16.0. The Morgan fingerprint density at radius 2 is 2.35 bits per heavy atom. The van der Waals surface area contributed by atoms with E-state index in [4.69, 9.17) is 10.9 Å². The van der Waals surface area contributed by atoms with E-state index in [2.05, 4.69) is 10.5 Å². The average molecular weight is 269 g/mol. The van der Waals surface area contributed by atoms with Gasteiger partial charge in [0.25, 0.3) is 5.91 Å². The van der Waals surface area contributed by atoms with E-state index >= 15 is 0 Å². The van der Waals surface area contributed by atoms with Gasteiger partial charge in [-0.05, 0) is 24.4 Å². The molecule has 0 aliphatic rings. The van der Waals surface area contributed by atoms with Crippen LogP contribution in [0.3, 0.4) is 0 Å². The van der Waals surface area contributed by atoms with Crippen molar-refractivity contribution in [3.63, 3.8) is 0 Å². The summed E-state index contributed by atoms with van der Waals surface area (Å²) in [5.41, 5.74) is 5.39. The molecular formula is C10H11N3O2S2. The number of rotatable bonds is 3. The fourth-order valence-corrected chi connectivity index (χ4v) is 3.32. The van der Waals surface area contributed by atoms with Gasteiger partial charge in [0.15, 0.2) is 5.84 Å². The zero-order valence-corrected chi connectivity index (χ0v) is 10.6. The Labute approximate surface area is 106 Å². The Hall–Kier alpha value is -1.60. The number of amidine groups is 1. The summed E-state index contributed by atoms with van der Waals surface area (Å²) in [6, 6.07) is 3.33. The predicted molar refractivity (Wildman–Crippen MR) is 70.0 cm³/mol. The number of oxime groups is 1. The van der Waals surface area contributed by atoms with Crippen LogP contribution < -0.4 is 11.1 Å². The maximum absolute atomic E-state index is 11.9. The zero-order chi connectivity index (χ0) is 12.4. The van der Waals surface area contributed by atoms with E-state index in [1.165, 1.54) is 11.3 Å². The molecule has 0 bridgehead atoms. The number of hydrogen-bond donors (Lipinski definition) is 3. The molecule has 2 aromatic heterocycles. The van der Waals surface area contributed by atoms with E-state index in [0.29, 0.717) is 4.88 Å². The molecule has 1 amide bonds. The second kappa shape index (κ2) is 4.72. The second-order valence-corrected chi connectivity index (χ2v) is 5.51. The van der Waals surface area contributed by atoms with Crippen molar-refractivity contribution in [2.45, 2.75) is 13.0 Å². The average Bonchev–Trinajstić information content (AvgIpc) is 2.87. The van der Waals surface area contributed by atoms with Crippen LogP contribution in [-0.4, -0.2) is 23.0 Å². The molecule has 7 heteroatoms. The molecule has 1 atom stereocenters. The maximum atomic E-state index is 11.9. The molecule has 2 aromatic rings. The van der Waals surface area contributed by atoms with Crippen LogP contribution >= 0.6 is 22.7 Å². The number of nitrogens with one attached hydrogen (secondary N) is 1. The number of carbonyl (C=O) groups excluding carboxylic acids is 1. The van der Waals surface area contributed by atoms with Gasteiger partial charge in [-0.2, -0.15) is 0 Å². The summed E-state index contributed by atoms with van der Waals surface area (Å²) >= 11 is 3.03. The normalized spacial score (nSPS) is 13.8. The van der Waals surface area contributed by atoms with E-state index in [0.717, 1.165) is 9.40 Å².